The molecule has 0 aliphatic rings. The number of rotatable bonds is 10. The van der Waals surface area contributed by atoms with Gasteiger partial charge in [-0.25, -0.2) is 28.3 Å². The molecule has 4 aromatic heterocycles. The van der Waals surface area contributed by atoms with Gasteiger partial charge in [0.2, 0.25) is 0 Å². The van der Waals surface area contributed by atoms with E-state index in [0.29, 0.717) is 38.5 Å². The first-order chi connectivity index (χ1) is 21.3. The minimum Gasteiger partial charge on any atom is -0.328 e. The molecule has 0 aliphatic heterocycles. The van der Waals surface area contributed by atoms with Crippen LogP contribution in [0.1, 0.15) is 60.6 Å². The Balaban J connectivity index is 0.000000250. The average Bonchev–Trinajstić information content (AvgIpc) is 3.60. The molecule has 12 nitrogen and oxygen atoms in total. The van der Waals surface area contributed by atoms with Gasteiger partial charge in [-0.2, -0.15) is 0 Å². The van der Waals surface area contributed by atoms with Crippen LogP contribution in [-0.2, 0) is 41.1 Å². The van der Waals surface area contributed by atoms with Gasteiger partial charge in [0.05, 0.1) is 25.0 Å². The predicted octanol–water partition coefficient (Wildman–Crippen LogP) is 1.92. The Morgan fingerprint density at radius 1 is 0.725 bits per heavy atom. The van der Waals surface area contributed by atoms with E-state index in [-0.39, 0.29) is 35.4 Å². The van der Waals surface area contributed by atoms with Crippen LogP contribution in [0.4, 0.5) is 8.78 Å². The van der Waals surface area contributed by atoms with Crippen molar-refractivity contribution in [3.05, 3.63) is 54.3 Å². The fourth-order valence-electron chi connectivity index (χ4n) is 4.32. The van der Waals surface area contributed by atoms with Gasteiger partial charge in [0, 0.05) is 49.4 Å². The number of unbranched alkanes of at least 4 members (excludes halogenated alkanes) is 2. The second-order valence-electron chi connectivity index (χ2n) is 9.72. The molecule has 0 N–H and O–H groups in total. The summed E-state index contributed by atoms with van der Waals surface area (Å²) in [7, 11) is 2.86. The van der Waals surface area contributed by atoms with Crippen molar-refractivity contribution in [2.24, 2.45) is 28.0 Å². The lowest BCUT2D eigenvalue weighted by Gasteiger charge is -2.08. The summed E-state index contributed by atoms with van der Waals surface area (Å²) < 4.78 is 76.2. The molecule has 0 amide bonds. The van der Waals surface area contributed by atoms with Crippen LogP contribution in [0.2, 0.25) is 0 Å². The van der Waals surface area contributed by atoms with E-state index in [0.717, 1.165) is 40.1 Å². The molecule has 0 bridgehead atoms. The third kappa shape index (κ3) is 6.48. The van der Waals surface area contributed by atoms with Gasteiger partial charge in [-0.15, -0.1) is 0 Å². The largest absolute Gasteiger partial charge is 0.332 e. The Morgan fingerprint density at radius 2 is 1.10 bits per heavy atom. The van der Waals surface area contributed by atoms with Crippen molar-refractivity contribution in [3.63, 3.8) is 0 Å². The molecule has 0 aromatic carbocycles. The Kier molecular flexibility index (Phi) is 7.45. The van der Waals surface area contributed by atoms with Crippen LogP contribution >= 0.6 is 0 Å². The highest BCUT2D eigenvalue weighted by molar-refractivity contribution is 5.70. The molecule has 4 aromatic rings. The summed E-state index contributed by atoms with van der Waals surface area (Å²) >= 11 is 0. The molecule has 0 saturated carbocycles. The molecular formula is C26H38F2N8O4. The number of aryl methyl sites for hydroxylation is 4. The van der Waals surface area contributed by atoms with Crippen LogP contribution < -0.4 is 22.5 Å². The van der Waals surface area contributed by atoms with E-state index in [1.165, 1.54) is 27.9 Å². The zero-order valence-electron chi connectivity index (χ0n) is 28.9. The fraction of sp³-hybridized carbons (Fsp3) is 0.615. The van der Waals surface area contributed by atoms with Crippen molar-refractivity contribution in [2.45, 2.75) is 77.8 Å². The summed E-state index contributed by atoms with van der Waals surface area (Å²) in [6.45, 7) is -2.00. The first-order valence-corrected chi connectivity index (χ1v) is 12.9. The zero-order chi connectivity index (χ0) is 34.7. The Bertz CT molecular complexity index is 1780. The van der Waals surface area contributed by atoms with Crippen LogP contribution in [0, 0.1) is 0 Å². The first-order valence-electron chi connectivity index (χ1n) is 15.9. The highest BCUT2D eigenvalue weighted by Gasteiger charge is 2.15. The minimum absolute atomic E-state index is 0.0322. The molecule has 0 unspecified atom stereocenters. The van der Waals surface area contributed by atoms with E-state index >= 15 is 0 Å². The van der Waals surface area contributed by atoms with E-state index in [4.69, 9.17) is 8.22 Å². The fourth-order valence-corrected chi connectivity index (χ4v) is 4.32. The summed E-state index contributed by atoms with van der Waals surface area (Å²) in [6.07, 6.45) is 2.88. The highest BCUT2D eigenvalue weighted by atomic mass is 19.1. The van der Waals surface area contributed by atoms with Gasteiger partial charge >= 0.3 is 11.4 Å². The van der Waals surface area contributed by atoms with E-state index in [1.54, 1.807) is 0 Å². The topological polar surface area (TPSA) is 124 Å². The minimum atomic E-state index is -2.56. The van der Waals surface area contributed by atoms with E-state index in [9.17, 15) is 28.0 Å². The van der Waals surface area contributed by atoms with Crippen molar-refractivity contribution in [2.75, 3.05) is 0 Å². The number of aromatic nitrogens is 8. The standard InChI is InChI=1S/2C13H19FN4O2/c2*1-9(14)6-4-5-7-18-12(19)10-11(15-8-16(10)2)17(3)13(18)20/h2*8-9H,4-7H2,1-3H3/t2*9-/m10/s1/i2*2D3. The first kappa shape index (κ1) is 22.9. The zero-order valence-corrected chi connectivity index (χ0v) is 22.9. The smallest absolute Gasteiger partial charge is 0.328 e. The maximum absolute atomic E-state index is 12.8. The number of alkyl halides is 2. The van der Waals surface area contributed by atoms with Gasteiger partial charge in [0.15, 0.2) is 22.3 Å². The maximum Gasteiger partial charge on any atom is 0.332 e. The summed E-state index contributed by atoms with van der Waals surface area (Å²) in [4.78, 5) is 57.3. The normalized spacial score (nSPS) is 15.8. The summed E-state index contributed by atoms with van der Waals surface area (Å²) in [5.41, 5.74) is -2.71. The van der Waals surface area contributed by atoms with Crippen molar-refractivity contribution >= 4 is 22.3 Å². The molecule has 0 fully saturated rings. The molecule has 0 saturated heterocycles. The summed E-state index contributed by atoms with van der Waals surface area (Å²) in [5, 5.41) is 0. The molecule has 220 valence electrons. The molecule has 4 heterocycles. The van der Waals surface area contributed by atoms with Gasteiger partial charge in [-0.1, -0.05) is 0 Å². The number of hydrogen-bond acceptors (Lipinski definition) is 6. The highest BCUT2D eigenvalue weighted by Crippen LogP contribution is 2.07. The number of imidazole rings is 2. The van der Waals surface area contributed by atoms with Gasteiger partial charge in [-0.05, 0) is 52.4 Å². The van der Waals surface area contributed by atoms with E-state index < -0.39 is 48.8 Å². The lowest BCUT2D eigenvalue weighted by atomic mass is 10.2. The number of nitrogens with zero attached hydrogens (tertiary/aromatic N) is 8. The maximum atomic E-state index is 12.8. The molecule has 2 atom stereocenters. The third-order valence-corrected chi connectivity index (χ3v) is 6.53. The molecule has 0 aliphatic carbocycles. The van der Waals surface area contributed by atoms with Crippen LogP contribution in [-0.4, -0.2) is 49.7 Å². The lowest BCUT2D eigenvalue weighted by Crippen LogP contribution is -2.39. The van der Waals surface area contributed by atoms with Crippen LogP contribution in [0.5, 0.6) is 0 Å². The van der Waals surface area contributed by atoms with E-state index in [2.05, 4.69) is 9.97 Å². The molecular weight excluding hydrogens is 526 g/mol. The van der Waals surface area contributed by atoms with Gasteiger partial charge in [-0.3, -0.25) is 27.9 Å². The Labute approximate surface area is 237 Å². The van der Waals surface area contributed by atoms with E-state index in [1.807, 2.05) is 0 Å². The molecule has 40 heavy (non-hydrogen) atoms. The van der Waals surface area contributed by atoms with Crippen LogP contribution in [0.15, 0.2) is 31.8 Å². The Morgan fingerprint density at radius 3 is 1.43 bits per heavy atom. The monoisotopic (exact) mass is 570 g/mol. The second kappa shape index (κ2) is 13.0. The van der Waals surface area contributed by atoms with Crippen molar-refractivity contribution in [3.8, 4) is 0 Å². The van der Waals surface area contributed by atoms with Crippen molar-refractivity contribution in [1.29, 1.82) is 0 Å². The Hall–Kier alpha value is -3.84. The summed E-state index contributed by atoms with van der Waals surface area (Å²) in [6, 6.07) is 0. The van der Waals surface area contributed by atoms with Gasteiger partial charge in [0.25, 0.3) is 11.1 Å². The molecule has 0 radical (unpaired) electrons. The summed E-state index contributed by atoms with van der Waals surface area (Å²) in [5.74, 6) is 0. The molecule has 0 spiro atoms. The van der Waals surface area contributed by atoms with Gasteiger partial charge in [0.1, 0.15) is 0 Å². The number of fused-ring (bicyclic) bond motifs is 2. The second-order valence-corrected chi connectivity index (χ2v) is 9.72. The number of hydrogen-bond donors (Lipinski definition) is 0. The van der Waals surface area contributed by atoms with Crippen LogP contribution in [0.3, 0.4) is 0 Å². The average molecular weight is 571 g/mol. The molecule has 4 rings (SSSR count). The molecule has 14 heteroatoms. The predicted molar refractivity (Wildman–Crippen MR) is 149 cm³/mol. The van der Waals surface area contributed by atoms with Crippen molar-refractivity contribution < 1.29 is 17.0 Å². The quantitative estimate of drug-likeness (QED) is 0.269. The third-order valence-electron chi connectivity index (χ3n) is 6.53. The van der Waals surface area contributed by atoms with Crippen LogP contribution in [0.25, 0.3) is 22.3 Å². The van der Waals surface area contributed by atoms with Gasteiger partial charge < -0.3 is 9.13 Å². The van der Waals surface area contributed by atoms with Crippen molar-refractivity contribution in [1.82, 2.24) is 37.4 Å². The number of halogens is 2. The SMILES string of the molecule is [2H]C([2H])([2H])n1cnc2c1c(=O)n(CCCC[C@@H](C)F)c(=O)n2C.[2H]C([2H])([2H])n1cnc2c1c(=O)n(CCCC[C@H](C)F)c(=O)n2C. The lowest BCUT2D eigenvalue weighted by molar-refractivity contribution is 0.327.